The Morgan fingerprint density at radius 2 is 1.73 bits per heavy atom. The number of nitrogens with zero attached hydrogens (tertiary/aromatic N) is 2. The molecule has 0 saturated heterocycles. The third-order valence-electron chi connectivity index (χ3n) is 6.35. The lowest BCUT2D eigenvalue weighted by atomic mass is 10.1. The normalized spacial score (nSPS) is 12.9. The van der Waals surface area contributed by atoms with Gasteiger partial charge in [0.2, 0.25) is 21.8 Å². The van der Waals surface area contributed by atoms with Crippen LogP contribution in [0.15, 0.2) is 48.5 Å². The van der Waals surface area contributed by atoms with E-state index in [2.05, 4.69) is 5.32 Å². The minimum absolute atomic E-state index is 0.00634. The van der Waals surface area contributed by atoms with Crippen molar-refractivity contribution in [1.82, 2.24) is 10.2 Å². The second-order valence-electron chi connectivity index (χ2n) is 9.39. The Morgan fingerprint density at radius 1 is 1.05 bits per heavy atom. The van der Waals surface area contributed by atoms with Crippen LogP contribution in [0.2, 0.25) is 0 Å². The highest BCUT2D eigenvalue weighted by molar-refractivity contribution is 7.92. The fourth-order valence-corrected chi connectivity index (χ4v) is 5.01. The standard InChI is InChI=1S/C28H41N3O5S/c1-7-22(4)29-28(33)26(8-2)30(20-23-11-9-12-25(19-23)36-5)27(32)13-10-18-31(37(6,34)35)24-16-14-21(3)15-17-24/h9,11-12,14-17,19,22,26H,7-8,10,13,18,20H2,1-6H3,(H,29,33)/t22-,26+/m0/s1. The quantitative estimate of drug-likeness (QED) is 0.393. The number of ether oxygens (including phenoxy) is 1. The number of carbonyl (C=O) groups excluding carboxylic acids is 2. The van der Waals surface area contributed by atoms with Crippen molar-refractivity contribution in [2.75, 3.05) is 24.2 Å². The molecule has 204 valence electrons. The summed E-state index contributed by atoms with van der Waals surface area (Å²) in [5.41, 5.74) is 2.44. The third-order valence-corrected chi connectivity index (χ3v) is 7.54. The van der Waals surface area contributed by atoms with Crippen LogP contribution < -0.4 is 14.4 Å². The van der Waals surface area contributed by atoms with Gasteiger partial charge >= 0.3 is 0 Å². The molecule has 0 aliphatic heterocycles. The van der Waals surface area contributed by atoms with Crippen LogP contribution in [0.3, 0.4) is 0 Å². The molecule has 0 fully saturated rings. The molecule has 37 heavy (non-hydrogen) atoms. The Hall–Kier alpha value is -3.07. The first-order valence-electron chi connectivity index (χ1n) is 12.8. The highest BCUT2D eigenvalue weighted by atomic mass is 32.2. The molecule has 0 unspecified atom stereocenters. The first-order valence-corrected chi connectivity index (χ1v) is 14.6. The van der Waals surface area contributed by atoms with Crippen molar-refractivity contribution in [2.45, 2.75) is 72.0 Å². The van der Waals surface area contributed by atoms with Crippen LogP contribution in [0.5, 0.6) is 5.75 Å². The van der Waals surface area contributed by atoms with Gasteiger partial charge in [-0.3, -0.25) is 13.9 Å². The average molecular weight is 532 g/mol. The molecule has 1 N–H and O–H groups in total. The van der Waals surface area contributed by atoms with Crippen molar-refractivity contribution in [3.05, 3.63) is 59.7 Å². The van der Waals surface area contributed by atoms with Crippen molar-refractivity contribution >= 4 is 27.5 Å². The highest BCUT2D eigenvalue weighted by Gasteiger charge is 2.29. The molecule has 8 nitrogen and oxygen atoms in total. The second kappa shape index (κ2) is 14.0. The molecule has 2 atom stereocenters. The number of anilines is 1. The Morgan fingerprint density at radius 3 is 2.30 bits per heavy atom. The summed E-state index contributed by atoms with van der Waals surface area (Å²) < 4.78 is 31.6. The van der Waals surface area contributed by atoms with Crippen molar-refractivity contribution in [3.63, 3.8) is 0 Å². The number of aryl methyl sites for hydroxylation is 1. The van der Waals surface area contributed by atoms with Crippen molar-refractivity contribution in [1.29, 1.82) is 0 Å². The van der Waals surface area contributed by atoms with E-state index in [9.17, 15) is 18.0 Å². The number of hydrogen-bond donors (Lipinski definition) is 1. The van der Waals surface area contributed by atoms with Gasteiger partial charge in [-0.25, -0.2) is 8.42 Å². The molecule has 0 spiro atoms. The van der Waals surface area contributed by atoms with E-state index in [4.69, 9.17) is 4.74 Å². The van der Waals surface area contributed by atoms with Crippen molar-refractivity contribution in [2.24, 2.45) is 0 Å². The first-order chi connectivity index (χ1) is 17.5. The van der Waals surface area contributed by atoms with Crippen LogP contribution >= 0.6 is 0 Å². The lowest BCUT2D eigenvalue weighted by Gasteiger charge is -2.32. The van der Waals surface area contributed by atoms with Gasteiger partial charge in [0, 0.05) is 25.6 Å². The molecule has 0 aliphatic carbocycles. The number of carbonyl (C=O) groups is 2. The van der Waals surface area contributed by atoms with Gasteiger partial charge < -0.3 is 15.0 Å². The lowest BCUT2D eigenvalue weighted by molar-refractivity contribution is -0.141. The number of sulfonamides is 1. The van der Waals surface area contributed by atoms with E-state index in [1.165, 1.54) is 4.31 Å². The molecule has 0 bridgehead atoms. The number of benzene rings is 2. The molecular formula is C28H41N3O5S. The van der Waals surface area contributed by atoms with E-state index in [0.29, 0.717) is 24.3 Å². The number of hydrogen-bond acceptors (Lipinski definition) is 5. The van der Waals surface area contributed by atoms with Crippen molar-refractivity contribution in [3.8, 4) is 5.75 Å². The molecular weight excluding hydrogens is 490 g/mol. The summed E-state index contributed by atoms with van der Waals surface area (Å²) in [6.45, 7) is 8.16. The SMILES string of the molecule is CC[C@H](C(=O)N[C@@H](C)CC)N(Cc1cccc(OC)c1)C(=O)CCCN(c1ccc(C)cc1)S(C)(=O)=O. The Balaban J connectivity index is 2.24. The lowest BCUT2D eigenvalue weighted by Crippen LogP contribution is -2.50. The predicted octanol–water partition coefficient (Wildman–Crippen LogP) is 4.27. The van der Waals surface area contributed by atoms with Gasteiger partial charge in [-0.05, 0) is 62.9 Å². The minimum Gasteiger partial charge on any atom is -0.497 e. The van der Waals surface area contributed by atoms with E-state index in [1.807, 2.05) is 64.1 Å². The van der Waals surface area contributed by atoms with Gasteiger partial charge in [-0.1, -0.05) is 43.7 Å². The summed E-state index contributed by atoms with van der Waals surface area (Å²) in [5, 5.41) is 3.00. The predicted molar refractivity (Wildman–Crippen MR) is 148 cm³/mol. The molecule has 0 heterocycles. The maximum atomic E-state index is 13.5. The fraction of sp³-hybridized carbons (Fsp3) is 0.500. The molecule has 0 saturated carbocycles. The van der Waals surface area contributed by atoms with E-state index in [1.54, 1.807) is 24.1 Å². The zero-order valence-electron chi connectivity index (χ0n) is 22.9. The molecule has 0 aliphatic rings. The molecule has 2 aromatic rings. The zero-order chi connectivity index (χ0) is 27.6. The summed E-state index contributed by atoms with van der Waals surface area (Å²) in [4.78, 5) is 28.2. The summed E-state index contributed by atoms with van der Waals surface area (Å²) in [6.07, 6.45) is 2.83. The number of amides is 2. The molecule has 0 radical (unpaired) electrons. The topological polar surface area (TPSA) is 96.0 Å². The maximum Gasteiger partial charge on any atom is 0.243 e. The number of nitrogens with one attached hydrogen (secondary N) is 1. The van der Waals surface area contributed by atoms with Crippen LogP contribution in [0.25, 0.3) is 0 Å². The largest absolute Gasteiger partial charge is 0.497 e. The molecule has 2 rings (SSSR count). The van der Waals surface area contributed by atoms with Crippen LogP contribution in [0.4, 0.5) is 5.69 Å². The van der Waals surface area contributed by atoms with Gasteiger partial charge in [0.05, 0.1) is 19.1 Å². The smallest absolute Gasteiger partial charge is 0.243 e. The van der Waals surface area contributed by atoms with E-state index >= 15 is 0 Å². The molecule has 2 amide bonds. The van der Waals surface area contributed by atoms with Crippen LogP contribution in [-0.4, -0.2) is 57.1 Å². The monoisotopic (exact) mass is 531 g/mol. The minimum atomic E-state index is -3.53. The van der Waals surface area contributed by atoms with Gasteiger partial charge in [0.25, 0.3) is 0 Å². The Labute approximate surface area is 222 Å². The van der Waals surface area contributed by atoms with Gasteiger partial charge in [-0.2, -0.15) is 0 Å². The fourth-order valence-electron chi connectivity index (χ4n) is 4.04. The highest BCUT2D eigenvalue weighted by Crippen LogP contribution is 2.21. The summed E-state index contributed by atoms with van der Waals surface area (Å²) in [5.74, 6) is 0.278. The zero-order valence-corrected chi connectivity index (χ0v) is 23.7. The summed E-state index contributed by atoms with van der Waals surface area (Å²) >= 11 is 0. The molecule has 2 aromatic carbocycles. The average Bonchev–Trinajstić information content (AvgIpc) is 2.86. The Bertz CT molecular complexity index is 1130. The van der Waals surface area contributed by atoms with Crippen LogP contribution in [0.1, 0.15) is 57.6 Å². The van der Waals surface area contributed by atoms with E-state index in [0.717, 1.165) is 23.8 Å². The second-order valence-corrected chi connectivity index (χ2v) is 11.3. The van der Waals surface area contributed by atoms with Gasteiger partial charge in [0.1, 0.15) is 11.8 Å². The summed E-state index contributed by atoms with van der Waals surface area (Å²) in [6, 6.07) is 14.0. The first kappa shape index (κ1) is 30.2. The number of rotatable bonds is 14. The molecule has 0 aromatic heterocycles. The van der Waals surface area contributed by atoms with Gasteiger partial charge in [-0.15, -0.1) is 0 Å². The molecule has 9 heteroatoms. The van der Waals surface area contributed by atoms with Crippen molar-refractivity contribution < 1.29 is 22.7 Å². The Kier molecular flexibility index (Phi) is 11.4. The van der Waals surface area contributed by atoms with Crippen LogP contribution in [0, 0.1) is 6.92 Å². The van der Waals surface area contributed by atoms with Crippen LogP contribution in [-0.2, 0) is 26.2 Å². The van der Waals surface area contributed by atoms with E-state index in [-0.39, 0.29) is 37.4 Å². The van der Waals surface area contributed by atoms with E-state index < -0.39 is 16.1 Å². The van der Waals surface area contributed by atoms with Gasteiger partial charge in [0.15, 0.2) is 0 Å². The maximum absolute atomic E-state index is 13.5. The third kappa shape index (κ3) is 9.07. The summed E-state index contributed by atoms with van der Waals surface area (Å²) in [7, 11) is -1.94. The number of methoxy groups -OCH3 is 1.